The molecule has 110 valence electrons. The number of ether oxygens (including phenoxy) is 1. The number of benzene rings is 1. The maximum Gasteiger partial charge on any atom is 0.119 e. The van der Waals surface area contributed by atoms with Crippen LogP contribution < -0.4 is 4.74 Å². The molecule has 1 heteroatoms. The molecule has 0 saturated heterocycles. The summed E-state index contributed by atoms with van der Waals surface area (Å²) in [6.45, 7) is 7.13. The fourth-order valence-electron chi connectivity index (χ4n) is 4.66. The molecule has 3 aliphatic rings. The van der Waals surface area contributed by atoms with E-state index in [1.54, 1.807) is 12.7 Å². The molecule has 3 atom stereocenters. The van der Waals surface area contributed by atoms with Crippen LogP contribution in [0.3, 0.4) is 0 Å². The van der Waals surface area contributed by atoms with Crippen molar-refractivity contribution in [1.29, 1.82) is 0 Å². The smallest absolute Gasteiger partial charge is 0.119 e. The van der Waals surface area contributed by atoms with Crippen LogP contribution in [0.25, 0.3) is 5.57 Å². The Morgan fingerprint density at radius 1 is 1.14 bits per heavy atom. The van der Waals surface area contributed by atoms with Gasteiger partial charge in [-0.05, 0) is 65.0 Å². The summed E-state index contributed by atoms with van der Waals surface area (Å²) in [5.74, 6) is 3.30. The van der Waals surface area contributed by atoms with E-state index in [-0.39, 0.29) is 5.41 Å². The largest absolute Gasteiger partial charge is 0.497 e. The summed E-state index contributed by atoms with van der Waals surface area (Å²) in [4.78, 5) is 0. The Kier molecular flexibility index (Phi) is 2.67. The molecule has 0 amide bonds. The fourth-order valence-corrected chi connectivity index (χ4v) is 4.66. The molecular formula is C20H24O. The van der Waals surface area contributed by atoms with Gasteiger partial charge in [-0.25, -0.2) is 0 Å². The number of hydrogen-bond donors (Lipinski definition) is 0. The van der Waals surface area contributed by atoms with Gasteiger partial charge in [0.25, 0.3) is 0 Å². The number of fused-ring (bicyclic) bond motifs is 4. The zero-order chi connectivity index (χ0) is 14.8. The van der Waals surface area contributed by atoms with E-state index < -0.39 is 0 Å². The molecule has 1 nitrogen and oxygen atoms in total. The van der Waals surface area contributed by atoms with Gasteiger partial charge in [0.1, 0.15) is 5.75 Å². The molecule has 3 unspecified atom stereocenters. The number of rotatable bonds is 1. The van der Waals surface area contributed by atoms with Crippen molar-refractivity contribution in [3.63, 3.8) is 0 Å². The van der Waals surface area contributed by atoms with Gasteiger partial charge >= 0.3 is 0 Å². The fraction of sp³-hybridized carbons (Fsp3) is 0.500. The molecule has 0 bridgehead atoms. The summed E-state index contributed by atoms with van der Waals surface area (Å²) < 4.78 is 5.44. The Bertz CT molecular complexity index is 662. The summed E-state index contributed by atoms with van der Waals surface area (Å²) >= 11 is 0. The first-order valence-corrected chi connectivity index (χ1v) is 8.15. The minimum atomic E-state index is 0.100. The molecule has 0 radical (unpaired) electrons. The Labute approximate surface area is 127 Å². The predicted molar refractivity (Wildman–Crippen MR) is 87.5 cm³/mol. The average molecular weight is 280 g/mol. The highest BCUT2D eigenvalue weighted by molar-refractivity contribution is 5.91. The molecule has 1 fully saturated rings. The van der Waals surface area contributed by atoms with Crippen LogP contribution in [0.1, 0.15) is 44.7 Å². The Morgan fingerprint density at radius 2 is 1.95 bits per heavy atom. The van der Waals surface area contributed by atoms with E-state index in [2.05, 4.69) is 51.1 Å². The van der Waals surface area contributed by atoms with E-state index >= 15 is 0 Å². The molecule has 1 saturated carbocycles. The van der Waals surface area contributed by atoms with Gasteiger partial charge < -0.3 is 4.74 Å². The molecule has 1 aromatic rings. The number of methoxy groups -OCH3 is 1. The SMILES string of the molecule is COc1ccc2c(c1)C(C)(C)C1=CC3C(C)CCC3C=C12. The Balaban J connectivity index is 1.90. The standard InChI is InChI=1S/C20H24O/c1-12-5-6-13-9-17-15-8-7-14(21-4)10-18(15)20(2,3)19(17)11-16(12)13/h7-13,16H,5-6H2,1-4H3. The molecule has 21 heavy (non-hydrogen) atoms. The van der Waals surface area contributed by atoms with E-state index in [0.29, 0.717) is 0 Å². The third-order valence-electron chi connectivity index (χ3n) is 6.00. The lowest BCUT2D eigenvalue weighted by Crippen LogP contribution is -2.20. The molecule has 0 aromatic heterocycles. The molecule has 1 aromatic carbocycles. The molecule has 4 rings (SSSR count). The minimum absolute atomic E-state index is 0.100. The van der Waals surface area contributed by atoms with Crippen molar-refractivity contribution in [2.45, 2.75) is 39.0 Å². The van der Waals surface area contributed by atoms with Crippen molar-refractivity contribution in [3.05, 3.63) is 47.1 Å². The first kappa shape index (κ1) is 13.2. The summed E-state index contributed by atoms with van der Waals surface area (Å²) in [6, 6.07) is 6.58. The minimum Gasteiger partial charge on any atom is -0.497 e. The quantitative estimate of drug-likeness (QED) is 0.705. The molecule has 3 aliphatic carbocycles. The van der Waals surface area contributed by atoms with Gasteiger partial charge in [0, 0.05) is 5.41 Å². The summed E-state index contributed by atoms with van der Waals surface area (Å²) in [5, 5.41) is 0. The second-order valence-corrected chi connectivity index (χ2v) is 7.49. The van der Waals surface area contributed by atoms with Crippen molar-refractivity contribution in [2.24, 2.45) is 17.8 Å². The van der Waals surface area contributed by atoms with Gasteiger partial charge in [-0.15, -0.1) is 0 Å². The Morgan fingerprint density at radius 3 is 2.71 bits per heavy atom. The molecule has 0 heterocycles. The third-order valence-corrected chi connectivity index (χ3v) is 6.00. The maximum atomic E-state index is 5.44. The van der Waals surface area contributed by atoms with Gasteiger partial charge in [-0.1, -0.05) is 39.0 Å². The highest BCUT2D eigenvalue weighted by Gasteiger charge is 2.43. The molecule has 0 spiro atoms. The molecule has 0 aliphatic heterocycles. The maximum absolute atomic E-state index is 5.44. The van der Waals surface area contributed by atoms with E-state index in [4.69, 9.17) is 4.74 Å². The number of allylic oxidation sites excluding steroid dienone is 4. The summed E-state index contributed by atoms with van der Waals surface area (Å²) in [5.41, 5.74) is 5.98. The second-order valence-electron chi connectivity index (χ2n) is 7.49. The molecular weight excluding hydrogens is 256 g/mol. The van der Waals surface area contributed by atoms with Gasteiger partial charge in [-0.3, -0.25) is 0 Å². The van der Waals surface area contributed by atoms with Gasteiger partial charge in [0.05, 0.1) is 7.11 Å². The van der Waals surface area contributed by atoms with Crippen LogP contribution in [0.5, 0.6) is 5.75 Å². The lowest BCUT2D eigenvalue weighted by Gasteiger charge is -2.29. The molecule has 0 N–H and O–H groups in total. The van der Waals surface area contributed by atoms with Gasteiger partial charge in [0.15, 0.2) is 0 Å². The van der Waals surface area contributed by atoms with Crippen LogP contribution in [-0.4, -0.2) is 7.11 Å². The summed E-state index contributed by atoms with van der Waals surface area (Å²) in [6.07, 6.45) is 7.90. The average Bonchev–Trinajstić information content (AvgIpc) is 2.95. The second kappa shape index (κ2) is 4.25. The Hall–Kier alpha value is -1.50. The number of hydrogen-bond acceptors (Lipinski definition) is 1. The van der Waals surface area contributed by atoms with Crippen LogP contribution in [0.15, 0.2) is 35.9 Å². The van der Waals surface area contributed by atoms with Crippen LogP contribution in [0.4, 0.5) is 0 Å². The van der Waals surface area contributed by atoms with E-state index in [9.17, 15) is 0 Å². The van der Waals surface area contributed by atoms with Crippen molar-refractivity contribution >= 4 is 5.57 Å². The zero-order valence-corrected chi connectivity index (χ0v) is 13.4. The summed E-state index contributed by atoms with van der Waals surface area (Å²) in [7, 11) is 1.75. The van der Waals surface area contributed by atoms with Crippen LogP contribution in [0, 0.1) is 17.8 Å². The van der Waals surface area contributed by atoms with Crippen LogP contribution in [-0.2, 0) is 5.41 Å². The lowest BCUT2D eigenvalue weighted by atomic mass is 9.75. The normalized spacial score (nSPS) is 31.9. The van der Waals surface area contributed by atoms with E-state index in [1.165, 1.54) is 29.5 Å². The monoisotopic (exact) mass is 280 g/mol. The van der Waals surface area contributed by atoms with E-state index in [1.807, 2.05) is 0 Å². The van der Waals surface area contributed by atoms with Crippen molar-refractivity contribution in [2.75, 3.05) is 7.11 Å². The van der Waals surface area contributed by atoms with Crippen LogP contribution >= 0.6 is 0 Å². The van der Waals surface area contributed by atoms with Crippen molar-refractivity contribution in [1.82, 2.24) is 0 Å². The van der Waals surface area contributed by atoms with Crippen molar-refractivity contribution in [3.8, 4) is 5.75 Å². The van der Waals surface area contributed by atoms with Crippen LogP contribution in [0.2, 0.25) is 0 Å². The van der Waals surface area contributed by atoms with E-state index in [0.717, 1.165) is 23.5 Å². The first-order valence-electron chi connectivity index (χ1n) is 8.15. The topological polar surface area (TPSA) is 9.23 Å². The lowest BCUT2D eigenvalue weighted by molar-refractivity contribution is 0.413. The zero-order valence-electron chi connectivity index (χ0n) is 13.4. The predicted octanol–water partition coefficient (Wildman–Crippen LogP) is 4.97. The first-order chi connectivity index (χ1) is 10.0. The highest BCUT2D eigenvalue weighted by atomic mass is 16.5. The van der Waals surface area contributed by atoms with Crippen molar-refractivity contribution < 1.29 is 4.74 Å². The van der Waals surface area contributed by atoms with Gasteiger partial charge in [-0.2, -0.15) is 0 Å². The van der Waals surface area contributed by atoms with Gasteiger partial charge in [0.2, 0.25) is 0 Å². The third kappa shape index (κ3) is 1.70. The highest BCUT2D eigenvalue weighted by Crippen LogP contribution is 2.56.